The van der Waals surface area contributed by atoms with Gasteiger partial charge >= 0.3 is 6.03 Å². The molecule has 1 rings (SSSR count). The van der Waals surface area contributed by atoms with Gasteiger partial charge in [0.1, 0.15) is 0 Å². The summed E-state index contributed by atoms with van der Waals surface area (Å²) < 4.78 is 0. The molecule has 2 amide bonds. The van der Waals surface area contributed by atoms with Gasteiger partial charge in [-0.15, -0.1) is 11.6 Å². The van der Waals surface area contributed by atoms with Crippen LogP contribution in [0.25, 0.3) is 0 Å². The summed E-state index contributed by atoms with van der Waals surface area (Å²) in [5, 5.41) is 5.50. The van der Waals surface area contributed by atoms with Crippen LogP contribution >= 0.6 is 11.6 Å². The maximum absolute atomic E-state index is 11.5. The molecule has 1 aromatic carbocycles. The van der Waals surface area contributed by atoms with Gasteiger partial charge in [-0.2, -0.15) is 0 Å². The number of rotatable bonds is 4. The summed E-state index contributed by atoms with van der Waals surface area (Å²) in [5.74, 6) is 0.897. The molecule has 0 bridgehead atoms. The molecule has 3 nitrogen and oxygen atoms in total. The Bertz CT molecular complexity index is 362. The molecule has 2 N–H and O–H groups in total. The van der Waals surface area contributed by atoms with Gasteiger partial charge in [0.15, 0.2) is 0 Å². The topological polar surface area (TPSA) is 41.1 Å². The lowest BCUT2D eigenvalue weighted by Crippen LogP contribution is -2.37. The average Bonchev–Trinajstić information content (AvgIpc) is 2.29. The molecular formula is C13H19ClN2O. The van der Waals surface area contributed by atoms with Crippen molar-refractivity contribution in [3.8, 4) is 0 Å². The second kappa shape index (κ2) is 6.50. The van der Waals surface area contributed by atoms with Crippen LogP contribution < -0.4 is 10.6 Å². The number of alkyl halides is 1. The highest BCUT2D eigenvalue weighted by molar-refractivity contribution is 6.18. The van der Waals surface area contributed by atoms with E-state index < -0.39 is 0 Å². The monoisotopic (exact) mass is 254 g/mol. The lowest BCUT2D eigenvalue weighted by atomic mass is 10.0. The first-order valence-corrected chi connectivity index (χ1v) is 6.29. The number of hydrogen-bond acceptors (Lipinski definition) is 1. The van der Waals surface area contributed by atoms with Crippen molar-refractivity contribution in [1.82, 2.24) is 5.32 Å². The molecule has 0 fully saturated rings. The van der Waals surface area contributed by atoms with E-state index in [4.69, 9.17) is 11.6 Å². The van der Waals surface area contributed by atoms with Crippen molar-refractivity contribution in [3.63, 3.8) is 0 Å². The summed E-state index contributed by atoms with van der Waals surface area (Å²) in [6.45, 7) is 6.13. The van der Waals surface area contributed by atoms with Crippen LogP contribution in [0.4, 0.5) is 10.5 Å². The quantitative estimate of drug-likeness (QED) is 0.793. The fraction of sp³-hybridized carbons (Fsp3) is 0.462. The summed E-state index contributed by atoms with van der Waals surface area (Å²) >= 11 is 5.61. The molecule has 0 heterocycles. The molecule has 0 aromatic heterocycles. The van der Waals surface area contributed by atoms with Crippen molar-refractivity contribution in [2.45, 2.75) is 32.7 Å². The van der Waals surface area contributed by atoms with Crippen molar-refractivity contribution in [2.75, 3.05) is 11.2 Å². The molecule has 0 aliphatic rings. The number of urea groups is 1. The molecule has 0 saturated carbocycles. The Morgan fingerprint density at radius 1 is 1.24 bits per heavy atom. The second-order valence-electron chi connectivity index (χ2n) is 4.43. The number of amides is 2. The molecule has 4 heteroatoms. The van der Waals surface area contributed by atoms with Crippen molar-refractivity contribution >= 4 is 23.3 Å². The van der Waals surface area contributed by atoms with E-state index in [0.717, 1.165) is 5.69 Å². The van der Waals surface area contributed by atoms with E-state index in [1.165, 1.54) is 5.56 Å². The van der Waals surface area contributed by atoms with Gasteiger partial charge in [-0.1, -0.05) is 26.0 Å². The molecule has 17 heavy (non-hydrogen) atoms. The lowest BCUT2D eigenvalue weighted by molar-refractivity contribution is 0.250. The zero-order valence-corrected chi connectivity index (χ0v) is 11.2. The zero-order valence-electron chi connectivity index (χ0n) is 10.5. The summed E-state index contributed by atoms with van der Waals surface area (Å²) in [6, 6.07) is 7.58. The predicted octanol–water partition coefficient (Wildman–Crippen LogP) is 3.56. The zero-order chi connectivity index (χ0) is 12.8. The van der Waals surface area contributed by atoms with E-state index in [0.29, 0.717) is 11.8 Å². The summed E-state index contributed by atoms with van der Waals surface area (Å²) in [6.07, 6.45) is 0. The van der Waals surface area contributed by atoms with E-state index in [-0.39, 0.29) is 12.1 Å². The van der Waals surface area contributed by atoms with E-state index >= 15 is 0 Å². The maximum Gasteiger partial charge on any atom is 0.319 e. The Morgan fingerprint density at radius 3 is 2.29 bits per heavy atom. The number of carbonyl (C=O) groups excluding carboxylic acids is 1. The normalized spacial score (nSPS) is 12.3. The first-order chi connectivity index (χ1) is 8.02. The average molecular weight is 255 g/mol. The van der Waals surface area contributed by atoms with Crippen molar-refractivity contribution in [2.24, 2.45) is 0 Å². The van der Waals surface area contributed by atoms with Gasteiger partial charge in [0.05, 0.1) is 0 Å². The van der Waals surface area contributed by atoms with Gasteiger partial charge in [0.25, 0.3) is 0 Å². The van der Waals surface area contributed by atoms with Gasteiger partial charge < -0.3 is 10.6 Å². The molecule has 0 aliphatic heterocycles. The third-order valence-corrected chi connectivity index (χ3v) is 2.91. The van der Waals surface area contributed by atoms with Crippen molar-refractivity contribution < 1.29 is 4.79 Å². The van der Waals surface area contributed by atoms with Crippen LogP contribution in [0.2, 0.25) is 0 Å². The van der Waals surface area contributed by atoms with Gasteiger partial charge in [-0.3, -0.25) is 0 Å². The van der Waals surface area contributed by atoms with Gasteiger partial charge in [-0.25, -0.2) is 4.79 Å². The third kappa shape index (κ3) is 4.65. The Balaban J connectivity index is 2.54. The lowest BCUT2D eigenvalue weighted by Gasteiger charge is -2.12. The molecule has 1 aromatic rings. The molecule has 0 radical (unpaired) electrons. The molecule has 1 atom stereocenters. The summed E-state index contributed by atoms with van der Waals surface area (Å²) in [4.78, 5) is 11.5. The Morgan fingerprint density at radius 2 is 1.82 bits per heavy atom. The Labute approximate surface area is 108 Å². The van der Waals surface area contributed by atoms with Crippen molar-refractivity contribution in [3.05, 3.63) is 29.8 Å². The highest BCUT2D eigenvalue weighted by Crippen LogP contribution is 2.16. The highest BCUT2D eigenvalue weighted by atomic mass is 35.5. The number of carbonyl (C=O) groups is 1. The minimum absolute atomic E-state index is 0.0356. The number of anilines is 1. The largest absolute Gasteiger partial charge is 0.334 e. The predicted molar refractivity (Wildman–Crippen MR) is 72.9 cm³/mol. The van der Waals surface area contributed by atoms with Crippen LogP contribution in [0.1, 0.15) is 32.3 Å². The summed E-state index contributed by atoms with van der Waals surface area (Å²) in [5.41, 5.74) is 2.04. The smallest absolute Gasteiger partial charge is 0.319 e. The Hall–Kier alpha value is -1.22. The molecule has 94 valence electrons. The minimum Gasteiger partial charge on any atom is -0.334 e. The minimum atomic E-state index is -0.226. The van der Waals surface area contributed by atoms with Crippen LogP contribution in [0.15, 0.2) is 24.3 Å². The van der Waals surface area contributed by atoms with E-state index in [2.05, 4.69) is 24.5 Å². The standard InChI is InChI=1S/C13H19ClN2O/c1-9(2)11-4-6-12(7-5-11)16-13(17)15-10(3)8-14/h4-7,9-10H,8H2,1-3H3,(H2,15,16,17). The molecular weight excluding hydrogens is 236 g/mol. The SMILES string of the molecule is CC(CCl)NC(=O)Nc1ccc(C(C)C)cc1. The first-order valence-electron chi connectivity index (χ1n) is 5.76. The number of hydrogen-bond donors (Lipinski definition) is 2. The van der Waals surface area contributed by atoms with Crippen LogP contribution in [0.3, 0.4) is 0 Å². The van der Waals surface area contributed by atoms with Crippen molar-refractivity contribution in [1.29, 1.82) is 0 Å². The summed E-state index contributed by atoms with van der Waals surface area (Å²) in [7, 11) is 0. The number of halogens is 1. The number of nitrogens with one attached hydrogen (secondary N) is 2. The Kier molecular flexibility index (Phi) is 5.29. The van der Waals surface area contributed by atoms with E-state index in [1.807, 2.05) is 31.2 Å². The fourth-order valence-corrected chi connectivity index (χ4v) is 1.46. The van der Waals surface area contributed by atoms with Crippen LogP contribution in [0, 0.1) is 0 Å². The molecule has 0 aliphatic carbocycles. The second-order valence-corrected chi connectivity index (χ2v) is 4.74. The van der Waals surface area contributed by atoms with Crippen LogP contribution in [0.5, 0.6) is 0 Å². The van der Waals surface area contributed by atoms with Crippen LogP contribution in [-0.2, 0) is 0 Å². The molecule has 0 spiro atoms. The fourth-order valence-electron chi connectivity index (χ4n) is 1.38. The van der Waals surface area contributed by atoms with E-state index in [9.17, 15) is 4.79 Å². The third-order valence-electron chi connectivity index (χ3n) is 2.44. The van der Waals surface area contributed by atoms with Crippen LogP contribution in [-0.4, -0.2) is 18.0 Å². The molecule has 0 saturated heterocycles. The van der Waals surface area contributed by atoms with Gasteiger partial charge in [0, 0.05) is 17.6 Å². The van der Waals surface area contributed by atoms with E-state index in [1.54, 1.807) is 0 Å². The highest BCUT2D eigenvalue weighted by Gasteiger charge is 2.06. The first kappa shape index (κ1) is 13.8. The van der Waals surface area contributed by atoms with Gasteiger partial charge in [-0.05, 0) is 30.5 Å². The number of benzene rings is 1. The maximum atomic E-state index is 11.5. The molecule has 1 unspecified atom stereocenters. The van der Waals surface area contributed by atoms with Gasteiger partial charge in [0.2, 0.25) is 0 Å².